The fourth-order valence-electron chi connectivity index (χ4n) is 3.24. The number of likely N-dealkylation sites (tertiary alicyclic amines) is 1. The molecule has 2 saturated heterocycles. The molecule has 0 spiro atoms. The van der Waals surface area contributed by atoms with E-state index in [9.17, 15) is 13.2 Å². The van der Waals surface area contributed by atoms with Crippen LogP contribution in [0.3, 0.4) is 0 Å². The highest BCUT2D eigenvalue weighted by Crippen LogP contribution is 2.20. The minimum atomic E-state index is -3.31. The Hall–Kier alpha value is -0.660. The first-order valence-corrected chi connectivity index (χ1v) is 9.73. The zero-order valence-electron chi connectivity index (χ0n) is 13.0. The summed E-state index contributed by atoms with van der Waals surface area (Å²) in [6, 6.07) is -0.216. The summed E-state index contributed by atoms with van der Waals surface area (Å²) in [5.74, 6) is -0.147. The molecule has 0 aromatic heterocycles. The quantitative estimate of drug-likeness (QED) is 0.797. The van der Waals surface area contributed by atoms with Crippen molar-refractivity contribution in [3.05, 3.63) is 0 Å². The van der Waals surface area contributed by atoms with Crippen molar-refractivity contribution in [2.45, 2.75) is 51.1 Å². The molecule has 122 valence electrons. The van der Waals surface area contributed by atoms with Crippen molar-refractivity contribution in [1.29, 1.82) is 0 Å². The van der Waals surface area contributed by atoms with Crippen LogP contribution >= 0.6 is 0 Å². The molecule has 21 heavy (non-hydrogen) atoms. The van der Waals surface area contributed by atoms with E-state index in [0.717, 1.165) is 25.9 Å². The van der Waals surface area contributed by atoms with Gasteiger partial charge in [-0.25, -0.2) is 8.42 Å². The Morgan fingerprint density at radius 2 is 1.81 bits per heavy atom. The molecule has 0 unspecified atom stereocenters. The number of hydrogen-bond donors (Lipinski definition) is 1. The summed E-state index contributed by atoms with van der Waals surface area (Å²) in [4.78, 5) is 14.7. The van der Waals surface area contributed by atoms with E-state index in [1.165, 1.54) is 23.4 Å². The maximum atomic E-state index is 12.3. The van der Waals surface area contributed by atoms with Gasteiger partial charge < -0.3 is 5.32 Å². The number of amides is 1. The molecule has 2 fully saturated rings. The summed E-state index contributed by atoms with van der Waals surface area (Å²) in [5, 5.41) is 2.94. The molecule has 0 saturated carbocycles. The molecule has 2 rings (SSSR count). The second-order valence-corrected chi connectivity index (χ2v) is 8.16. The molecule has 7 heteroatoms. The zero-order valence-corrected chi connectivity index (χ0v) is 13.9. The number of carbonyl (C=O) groups is 1. The van der Waals surface area contributed by atoms with Gasteiger partial charge in [0, 0.05) is 19.1 Å². The Morgan fingerprint density at radius 1 is 1.19 bits per heavy atom. The summed E-state index contributed by atoms with van der Waals surface area (Å²) in [5.41, 5.74) is 0. The monoisotopic (exact) mass is 317 g/mol. The van der Waals surface area contributed by atoms with Crippen molar-refractivity contribution in [3.8, 4) is 0 Å². The Labute approximate surface area is 127 Å². The molecule has 0 aliphatic carbocycles. The minimum Gasteiger partial charge on any atom is -0.353 e. The van der Waals surface area contributed by atoms with Crippen LogP contribution in [-0.2, 0) is 14.8 Å². The predicted molar refractivity (Wildman–Crippen MR) is 82.5 cm³/mol. The third-order valence-electron chi connectivity index (χ3n) is 4.52. The average Bonchev–Trinajstić information content (AvgIpc) is 2.97. The van der Waals surface area contributed by atoms with Crippen molar-refractivity contribution in [1.82, 2.24) is 14.5 Å². The standard InChI is InChI=1S/C14H27N3O3S/c1-12(16-8-5-6-9-16)11-15-14(18)13-7-3-4-10-17(13)21(2,19)20/h12-13H,3-11H2,1-2H3,(H,15,18)/t12-,13-/m1/s1. The molecule has 2 atom stereocenters. The highest BCUT2D eigenvalue weighted by Gasteiger charge is 2.34. The number of carbonyl (C=O) groups excluding carboxylic acids is 1. The lowest BCUT2D eigenvalue weighted by atomic mass is 10.0. The van der Waals surface area contributed by atoms with Crippen LogP contribution in [0, 0.1) is 0 Å². The highest BCUT2D eigenvalue weighted by molar-refractivity contribution is 7.88. The van der Waals surface area contributed by atoms with Gasteiger partial charge in [0.05, 0.1) is 6.26 Å². The number of nitrogens with zero attached hydrogens (tertiary/aromatic N) is 2. The van der Waals surface area contributed by atoms with E-state index in [1.54, 1.807) is 0 Å². The lowest BCUT2D eigenvalue weighted by Crippen LogP contribution is -2.53. The van der Waals surface area contributed by atoms with Crippen molar-refractivity contribution >= 4 is 15.9 Å². The topological polar surface area (TPSA) is 69.7 Å². The van der Waals surface area contributed by atoms with Crippen molar-refractivity contribution in [2.75, 3.05) is 32.4 Å². The molecule has 2 heterocycles. The fraction of sp³-hybridized carbons (Fsp3) is 0.929. The van der Waals surface area contributed by atoms with Gasteiger partial charge in [-0.15, -0.1) is 0 Å². The van der Waals surface area contributed by atoms with Gasteiger partial charge in [0.15, 0.2) is 0 Å². The van der Waals surface area contributed by atoms with Gasteiger partial charge in [0.25, 0.3) is 0 Å². The minimum absolute atomic E-state index is 0.147. The molecule has 0 aromatic carbocycles. The first kappa shape index (κ1) is 16.7. The number of rotatable bonds is 5. The van der Waals surface area contributed by atoms with Crippen LogP contribution in [0.2, 0.25) is 0 Å². The lowest BCUT2D eigenvalue weighted by Gasteiger charge is -2.33. The second kappa shape index (κ2) is 7.07. The number of piperidine rings is 1. The fourth-order valence-corrected chi connectivity index (χ4v) is 4.37. The molecular formula is C14H27N3O3S. The summed E-state index contributed by atoms with van der Waals surface area (Å²) < 4.78 is 24.9. The van der Waals surface area contributed by atoms with E-state index in [-0.39, 0.29) is 5.91 Å². The first-order valence-electron chi connectivity index (χ1n) is 7.88. The van der Waals surface area contributed by atoms with Gasteiger partial charge in [-0.1, -0.05) is 6.42 Å². The van der Waals surface area contributed by atoms with E-state index in [0.29, 0.717) is 25.6 Å². The Kier molecular flexibility index (Phi) is 5.62. The molecule has 0 radical (unpaired) electrons. The largest absolute Gasteiger partial charge is 0.353 e. The summed E-state index contributed by atoms with van der Waals surface area (Å²) >= 11 is 0. The molecule has 2 aliphatic heterocycles. The smallest absolute Gasteiger partial charge is 0.238 e. The Balaban J connectivity index is 1.88. The molecule has 0 bridgehead atoms. The van der Waals surface area contributed by atoms with Crippen LogP contribution in [0.15, 0.2) is 0 Å². The van der Waals surface area contributed by atoms with Crippen molar-refractivity contribution < 1.29 is 13.2 Å². The average molecular weight is 317 g/mol. The summed E-state index contributed by atoms with van der Waals surface area (Å²) in [6.45, 7) is 5.35. The summed E-state index contributed by atoms with van der Waals surface area (Å²) in [7, 11) is -3.31. The third kappa shape index (κ3) is 4.40. The molecule has 1 N–H and O–H groups in total. The lowest BCUT2D eigenvalue weighted by molar-refractivity contribution is -0.125. The number of hydrogen-bond acceptors (Lipinski definition) is 4. The van der Waals surface area contributed by atoms with Gasteiger partial charge in [-0.3, -0.25) is 9.69 Å². The van der Waals surface area contributed by atoms with Gasteiger partial charge in [0.2, 0.25) is 15.9 Å². The Morgan fingerprint density at radius 3 is 2.43 bits per heavy atom. The van der Waals surface area contributed by atoms with E-state index in [1.807, 2.05) is 0 Å². The van der Waals surface area contributed by atoms with Gasteiger partial charge in [0.1, 0.15) is 6.04 Å². The predicted octanol–water partition coefficient (Wildman–Crippen LogP) is 0.401. The number of sulfonamides is 1. The maximum absolute atomic E-state index is 12.3. The van der Waals surface area contributed by atoms with Crippen LogP contribution < -0.4 is 5.32 Å². The molecular weight excluding hydrogens is 290 g/mol. The van der Waals surface area contributed by atoms with Crippen molar-refractivity contribution in [2.24, 2.45) is 0 Å². The SMILES string of the molecule is C[C@H](CNC(=O)[C@H]1CCCCN1S(C)(=O)=O)N1CCCC1. The van der Waals surface area contributed by atoms with E-state index >= 15 is 0 Å². The van der Waals surface area contributed by atoms with Gasteiger partial charge in [-0.2, -0.15) is 4.31 Å². The Bertz CT molecular complexity index is 460. The second-order valence-electron chi connectivity index (χ2n) is 6.22. The van der Waals surface area contributed by atoms with Crippen LogP contribution in [0.4, 0.5) is 0 Å². The highest BCUT2D eigenvalue weighted by atomic mass is 32.2. The van der Waals surface area contributed by atoms with Crippen molar-refractivity contribution in [3.63, 3.8) is 0 Å². The van der Waals surface area contributed by atoms with E-state index < -0.39 is 16.1 Å². The normalized spacial score (nSPS) is 26.7. The zero-order chi connectivity index (χ0) is 15.5. The number of nitrogens with one attached hydrogen (secondary N) is 1. The van der Waals surface area contributed by atoms with Gasteiger partial charge in [-0.05, 0) is 45.7 Å². The van der Waals surface area contributed by atoms with Crippen LogP contribution in [0.25, 0.3) is 0 Å². The van der Waals surface area contributed by atoms with E-state index in [2.05, 4.69) is 17.1 Å². The molecule has 6 nitrogen and oxygen atoms in total. The van der Waals surface area contributed by atoms with Gasteiger partial charge >= 0.3 is 0 Å². The molecule has 2 aliphatic rings. The van der Waals surface area contributed by atoms with Crippen LogP contribution in [0.5, 0.6) is 0 Å². The van der Waals surface area contributed by atoms with E-state index in [4.69, 9.17) is 0 Å². The third-order valence-corrected chi connectivity index (χ3v) is 5.81. The maximum Gasteiger partial charge on any atom is 0.238 e. The van der Waals surface area contributed by atoms with Crippen LogP contribution in [-0.4, -0.2) is 68.0 Å². The molecule has 1 amide bonds. The molecule has 0 aromatic rings. The summed E-state index contributed by atoms with van der Waals surface area (Å²) in [6.07, 6.45) is 6.00. The first-order chi connectivity index (χ1) is 9.89. The van der Waals surface area contributed by atoms with Crippen LogP contribution in [0.1, 0.15) is 39.0 Å².